The van der Waals surface area contributed by atoms with Gasteiger partial charge in [-0.1, -0.05) is 17.4 Å². The molecule has 0 amide bonds. The highest BCUT2D eigenvalue weighted by molar-refractivity contribution is 7.20. The van der Waals surface area contributed by atoms with E-state index in [1.807, 2.05) is 0 Å². The zero-order chi connectivity index (χ0) is 14.1. The van der Waals surface area contributed by atoms with Gasteiger partial charge in [0, 0.05) is 18.2 Å². The first kappa shape index (κ1) is 12.5. The Morgan fingerprint density at radius 1 is 1.25 bits per heavy atom. The molecule has 7 heteroatoms. The highest BCUT2D eigenvalue weighted by Crippen LogP contribution is 2.33. The number of benzene rings is 2. The van der Waals surface area contributed by atoms with Crippen LogP contribution < -0.4 is 4.74 Å². The minimum atomic E-state index is -0.466. The molecule has 0 bridgehead atoms. The fourth-order valence-electron chi connectivity index (χ4n) is 1.68. The van der Waals surface area contributed by atoms with Crippen LogP contribution >= 0.6 is 11.3 Å². The molecule has 0 aliphatic heterocycles. The normalized spacial score (nSPS) is 10.7. The highest BCUT2D eigenvalue weighted by atomic mass is 32.1. The van der Waals surface area contributed by atoms with Crippen molar-refractivity contribution in [1.29, 1.82) is 0 Å². The smallest absolute Gasteiger partial charge is 0.279 e. The molecular formula is C13H7FN2O3S. The Morgan fingerprint density at radius 3 is 2.85 bits per heavy atom. The van der Waals surface area contributed by atoms with Gasteiger partial charge in [-0.05, 0) is 18.2 Å². The van der Waals surface area contributed by atoms with Crippen LogP contribution in [0.1, 0.15) is 0 Å². The van der Waals surface area contributed by atoms with Gasteiger partial charge in [-0.3, -0.25) is 10.1 Å². The molecule has 1 heterocycles. The van der Waals surface area contributed by atoms with Crippen LogP contribution in [0.3, 0.4) is 0 Å². The first-order valence-corrected chi connectivity index (χ1v) is 6.42. The maximum atomic E-state index is 13.0. The Hall–Kier alpha value is -2.54. The lowest BCUT2D eigenvalue weighted by molar-refractivity contribution is -0.384. The molecule has 0 atom stereocenters. The number of hydrogen-bond donors (Lipinski definition) is 0. The van der Waals surface area contributed by atoms with E-state index in [1.54, 1.807) is 12.1 Å². The topological polar surface area (TPSA) is 65.3 Å². The predicted octanol–water partition coefficient (Wildman–Crippen LogP) is 4.14. The molecule has 100 valence electrons. The van der Waals surface area contributed by atoms with Gasteiger partial charge in [0.15, 0.2) is 0 Å². The zero-order valence-electron chi connectivity index (χ0n) is 9.95. The van der Waals surface area contributed by atoms with E-state index < -0.39 is 10.7 Å². The molecule has 0 aliphatic carbocycles. The van der Waals surface area contributed by atoms with Crippen LogP contribution in [0.15, 0.2) is 42.5 Å². The van der Waals surface area contributed by atoms with Crippen molar-refractivity contribution in [3.8, 4) is 10.9 Å². The molecule has 5 nitrogen and oxygen atoms in total. The number of ether oxygens (including phenoxy) is 1. The van der Waals surface area contributed by atoms with Gasteiger partial charge in [0.2, 0.25) is 0 Å². The Bertz CT molecular complexity index is 803. The van der Waals surface area contributed by atoms with Gasteiger partial charge in [0.25, 0.3) is 10.9 Å². The standard InChI is InChI=1S/C13H7FN2O3S/c14-8-2-1-3-10(6-8)19-13-15-11-5-4-9(16(17)18)7-12(11)20-13/h1-7H. The number of nitro groups is 1. The molecule has 0 radical (unpaired) electrons. The van der Waals surface area contributed by atoms with Gasteiger partial charge in [-0.2, -0.15) is 0 Å². The van der Waals surface area contributed by atoms with Gasteiger partial charge >= 0.3 is 0 Å². The van der Waals surface area contributed by atoms with Crippen LogP contribution in [-0.4, -0.2) is 9.91 Å². The Kier molecular flexibility index (Phi) is 3.03. The van der Waals surface area contributed by atoms with Crippen molar-refractivity contribution in [2.45, 2.75) is 0 Å². The van der Waals surface area contributed by atoms with E-state index in [4.69, 9.17) is 4.74 Å². The molecule has 0 saturated heterocycles. The summed E-state index contributed by atoms with van der Waals surface area (Å²) in [4.78, 5) is 14.4. The lowest BCUT2D eigenvalue weighted by Gasteiger charge is -2.00. The van der Waals surface area contributed by atoms with Gasteiger partial charge in [-0.25, -0.2) is 9.37 Å². The number of aromatic nitrogens is 1. The first-order chi connectivity index (χ1) is 9.61. The van der Waals surface area contributed by atoms with Crippen LogP contribution in [-0.2, 0) is 0 Å². The summed E-state index contributed by atoms with van der Waals surface area (Å²) in [5, 5.41) is 11.0. The second kappa shape index (κ2) is 4.86. The number of nitro benzene ring substituents is 1. The lowest BCUT2D eigenvalue weighted by atomic mass is 10.3. The summed E-state index contributed by atoms with van der Waals surface area (Å²) >= 11 is 1.17. The van der Waals surface area contributed by atoms with E-state index in [0.717, 1.165) is 0 Å². The number of non-ortho nitro benzene ring substituents is 1. The summed E-state index contributed by atoms with van der Waals surface area (Å²) in [7, 11) is 0. The largest absolute Gasteiger partial charge is 0.431 e. The van der Waals surface area contributed by atoms with Crippen LogP contribution in [0.2, 0.25) is 0 Å². The van der Waals surface area contributed by atoms with Crippen molar-refractivity contribution in [2.75, 3.05) is 0 Å². The first-order valence-electron chi connectivity index (χ1n) is 5.60. The lowest BCUT2D eigenvalue weighted by Crippen LogP contribution is -1.86. The maximum absolute atomic E-state index is 13.0. The number of hydrogen-bond acceptors (Lipinski definition) is 5. The number of thiazole rings is 1. The molecule has 2 aromatic carbocycles. The van der Waals surface area contributed by atoms with Crippen molar-refractivity contribution in [3.63, 3.8) is 0 Å². The molecule has 0 spiro atoms. The van der Waals surface area contributed by atoms with Crippen molar-refractivity contribution < 1.29 is 14.1 Å². The molecule has 1 aromatic heterocycles. The predicted molar refractivity (Wildman–Crippen MR) is 72.7 cm³/mol. The number of fused-ring (bicyclic) bond motifs is 1. The van der Waals surface area contributed by atoms with E-state index in [1.165, 1.54) is 41.7 Å². The van der Waals surface area contributed by atoms with E-state index in [9.17, 15) is 14.5 Å². The fourth-order valence-corrected chi connectivity index (χ4v) is 2.55. The maximum Gasteiger partial charge on any atom is 0.279 e. The van der Waals surface area contributed by atoms with E-state index in [-0.39, 0.29) is 5.69 Å². The summed E-state index contributed by atoms with van der Waals surface area (Å²) in [6.07, 6.45) is 0. The zero-order valence-corrected chi connectivity index (χ0v) is 10.8. The van der Waals surface area contributed by atoms with E-state index in [0.29, 0.717) is 21.2 Å². The SMILES string of the molecule is O=[N+]([O-])c1ccc2nc(Oc3cccc(F)c3)sc2c1. The summed E-state index contributed by atoms with van der Waals surface area (Å²) in [6.45, 7) is 0. The van der Waals surface area contributed by atoms with E-state index in [2.05, 4.69) is 4.98 Å². The van der Waals surface area contributed by atoms with Crippen LogP contribution in [0, 0.1) is 15.9 Å². The average molecular weight is 290 g/mol. The summed E-state index contributed by atoms with van der Waals surface area (Å²) in [5.74, 6) is -0.0715. The molecule has 3 aromatic rings. The molecule has 0 fully saturated rings. The summed E-state index contributed by atoms with van der Waals surface area (Å²) < 4.78 is 19.1. The Labute approximate surface area is 116 Å². The van der Waals surface area contributed by atoms with Crippen molar-refractivity contribution in [3.05, 3.63) is 58.4 Å². The third kappa shape index (κ3) is 2.43. The molecule has 0 N–H and O–H groups in total. The van der Waals surface area contributed by atoms with Crippen LogP contribution in [0.5, 0.6) is 10.9 Å². The minimum absolute atomic E-state index is 0.00143. The number of halogens is 1. The third-order valence-corrected chi connectivity index (χ3v) is 3.46. The average Bonchev–Trinajstić information content (AvgIpc) is 2.79. The quantitative estimate of drug-likeness (QED) is 0.537. The molecule has 3 rings (SSSR count). The van der Waals surface area contributed by atoms with Gasteiger partial charge in [-0.15, -0.1) is 0 Å². The molecule has 0 aliphatic rings. The van der Waals surface area contributed by atoms with Crippen LogP contribution in [0.25, 0.3) is 10.2 Å². The number of nitrogens with zero attached hydrogens (tertiary/aromatic N) is 2. The Morgan fingerprint density at radius 2 is 2.10 bits per heavy atom. The molecule has 20 heavy (non-hydrogen) atoms. The second-order valence-electron chi connectivity index (χ2n) is 3.95. The van der Waals surface area contributed by atoms with Gasteiger partial charge < -0.3 is 4.74 Å². The molecular weight excluding hydrogens is 283 g/mol. The third-order valence-electron chi connectivity index (χ3n) is 2.56. The molecule has 0 unspecified atom stereocenters. The number of rotatable bonds is 3. The van der Waals surface area contributed by atoms with Gasteiger partial charge in [0.1, 0.15) is 11.6 Å². The van der Waals surface area contributed by atoms with Crippen molar-refractivity contribution in [1.82, 2.24) is 4.98 Å². The van der Waals surface area contributed by atoms with Crippen molar-refractivity contribution >= 4 is 27.2 Å². The monoisotopic (exact) mass is 290 g/mol. The molecule has 0 saturated carbocycles. The van der Waals surface area contributed by atoms with Crippen molar-refractivity contribution in [2.24, 2.45) is 0 Å². The van der Waals surface area contributed by atoms with Crippen LogP contribution in [0.4, 0.5) is 10.1 Å². The summed E-state index contributed by atoms with van der Waals surface area (Å²) in [6, 6.07) is 10.1. The van der Waals surface area contributed by atoms with Gasteiger partial charge in [0.05, 0.1) is 15.1 Å². The minimum Gasteiger partial charge on any atom is -0.431 e. The highest BCUT2D eigenvalue weighted by Gasteiger charge is 2.11. The second-order valence-corrected chi connectivity index (χ2v) is 4.94. The Balaban J connectivity index is 1.95. The van der Waals surface area contributed by atoms with E-state index >= 15 is 0 Å². The fraction of sp³-hybridized carbons (Fsp3) is 0. The summed E-state index contributed by atoms with van der Waals surface area (Å²) in [5.41, 5.74) is 0.602.